The van der Waals surface area contributed by atoms with Gasteiger partial charge in [-0.15, -0.1) is 0 Å². The van der Waals surface area contributed by atoms with Crippen molar-refractivity contribution in [3.05, 3.63) is 60.8 Å². The summed E-state index contributed by atoms with van der Waals surface area (Å²) in [6.07, 6.45) is 81.9. The molecule has 0 amide bonds. The van der Waals surface area contributed by atoms with E-state index < -0.39 is 26.5 Å². The van der Waals surface area contributed by atoms with Gasteiger partial charge in [0.05, 0.1) is 27.7 Å². The maximum atomic E-state index is 12.9. The Morgan fingerprint density at radius 1 is 0.395 bits per heavy atom. The number of rotatable bonds is 64. The van der Waals surface area contributed by atoms with Crippen molar-refractivity contribution in [2.45, 2.75) is 335 Å². The molecule has 0 aromatic rings. The highest BCUT2D eigenvalue weighted by atomic mass is 31.2. The summed E-state index contributed by atoms with van der Waals surface area (Å²) in [6.45, 7) is 4.38. The number of hydrogen-bond donors (Lipinski definition) is 1. The van der Waals surface area contributed by atoms with Crippen LogP contribution in [-0.4, -0.2) is 74.9 Å². The molecule has 2 atom stereocenters. The van der Waals surface area contributed by atoms with Crippen LogP contribution in [0.25, 0.3) is 0 Å². The van der Waals surface area contributed by atoms with E-state index in [1.54, 1.807) is 0 Å². The first-order valence-corrected chi connectivity index (χ1v) is 36.0. The average Bonchev–Trinajstić information content (AvgIpc) is 3.43. The highest BCUT2D eigenvalue weighted by Crippen LogP contribution is 2.43. The van der Waals surface area contributed by atoms with Gasteiger partial charge < -0.3 is 18.9 Å². The molecule has 0 aliphatic rings. The van der Waals surface area contributed by atoms with Gasteiger partial charge in [0.15, 0.2) is 6.10 Å². The number of phosphoric ester groups is 1. The van der Waals surface area contributed by atoms with Crippen LogP contribution >= 0.6 is 7.82 Å². The minimum atomic E-state index is -4.39. The van der Waals surface area contributed by atoms with Crippen molar-refractivity contribution in [2.75, 3.05) is 47.5 Å². The quantitative estimate of drug-likeness (QED) is 0.0211. The molecule has 0 aromatic heterocycles. The topological polar surface area (TPSA) is 108 Å². The van der Waals surface area contributed by atoms with Gasteiger partial charge in [-0.05, 0) is 57.8 Å². The van der Waals surface area contributed by atoms with Gasteiger partial charge in [-0.1, -0.05) is 319 Å². The summed E-state index contributed by atoms with van der Waals surface area (Å²) in [5, 5.41) is 0. The summed E-state index contributed by atoms with van der Waals surface area (Å²) >= 11 is 0. The van der Waals surface area contributed by atoms with Crippen LogP contribution < -0.4 is 0 Å². The molecule has 0 radical (unpaired) electrons. The minimum absolute atomic E-state index is 0.0345. The van der Waals surface area contributed by atoms with Crippen LogP contribution in [0.3, 0.4) is 0 Å². The third kappa shape index (κ3) is 66.7. The summed E-state index contributed by atoms with van der Waals surface area (Å²) in [5.41, 5.74) is 0. The molecule has 0 aromatic carbocycles. The first kappa shape index (κ1) is 78.7. The largest absolute Gasteiger partial charge is 0.472 e. The van der Waals surface area contributed by atoms with Gasteiger partial charge in [0.25, 0.3) is 0 Å². The Bertz CT molecular complexity index is 1550. The summed E-state index contributed by atoms with van der Waals surface area (Å²) in [6, 6.07) is 0. The van der Waals surface area contributed by atoms with Crippen molar-refractivity contribution in [1.82, 2.24) is 0 Å². The zero-order valence-electron chi connectivity index (χ0n) is 54.0. The number of esters is 2. The predicted molar refractivity (Wildman–Crippen MR) is 349 cm³/mol. The SMILES string of the molecule is CC/C=C\C/C=C\C/C=C\C/C=C\C/C=C\CCCCCCCCCCCCCCCCCCCCCCCCCC(=O)OC(COC(=O)CCCCCCCCCCCCCCCCCCCC)COP(=O)(O)OCC[N+](C)(C)C. The number of allylic oxidation sites excluding steroid dienone is 10. The first-order chi connectivity index (χ1) is 39.5. The molecule has 2 unspecified atom stereocenters. The fourth-order valence-corrected chi connectivity index (χ4v) is 10.8. The Morgan fingerprint density at radius 3 is 1.05 bits per heavy atom. The third-order valence-electron chi connectivity index (χ3n) is 15.3. The second-order valence-electron chi connectivity index (χ2n) is 24.5. The van der Waals surface area contributed by atoms with Crippen LogP contribution in [0.4, 0.5) is 0 Å². The molecule has 10 heteroatoms. The zero-order valence-corrected chi connectivity index (χ0v) is 54.9. The van der Waals surface area contributed by atoms with Crippen LogP contribution in [0.2, 0.25) is 0 Å². The van der Waals surface area contributed by atoms with E-state index in [1.165, 1.54) is 231 Å². The number of nitrogens with zero attached hydrogens (tertiary/aromatic N) is 1. The van der Waals surface area contributed by atoms with E-state index in [4.69, 9.17) is 18.5 Å². The van der Waals surface area contributed by atoms with Gasteiger partial charge in [0, 0.05) is 12.8 Å². The normalized spacial score (nSPS) is 13.5. The number of phosphoric acid groups is 1. The van der Waals surface area contributed by atoms with Crippen molar-refractivity contribution in [3.63, 3.8) is 0 Å². The zero-order chi connectivity index (χ0) is 59.1. The Labute approximate surface area is 502 Å². The molecular weight excluding hydrogens is 1030 g/mol. The molecule has 474 valence electrons. The second kappa shape index (κ2) is 62.2. The monoisotopic (exact) mass is 1160 g/mol. The number of unbranched alkanes of at least 4 members (excludes halogenated alkanes) is 40. The molecule has 0 spiro atoms. The third-order valence-corrected chi connectivity index (χ3v) is 16.3. The molecule has 1 N–H and O–H groups in total. The molecule has 0 saturated carbocycles. The molecule has 0 heterocycles. The average molecular weight is 1160 g/mol. The smallest absolute Gasteiger partial charge is 0.462 e. The fourth-order valence-electron chi connectivity index (χ4n) is 10.0. The highest BCUT2D eigenvalue weighted by Gasteiger charge is 2.27. The summed E-state index contributed by atoms with van der Waals surface area (Å²) in [7, 11) is 1.50. The Morgan fingerprint density at radius 2 is 0.704 bits per heavy atom. The molecule has 81 heavy (non-hydrogen) atoms. The number of likely N-dealkylation sites (N-methyl/N-ethyl adjacent to an activating group) is 1. The lowest BCUT2D eigenvalue weighted by molar-refractivity contribution is -0.870. The van der Waals surface area contributed by atoms with Crippen molar-refractivity contribution in [3.8, 4) is 0 Å². The van der Waals surface area contributed by atoms with Gasteiger partial charge in [0.2, 0.25) is 0 Å². The molecule has 0 rings (SSSR count). The van der Waals surface area contributed by atoms with Crippen LogP contribution in [0.5, 0.6) is 0 Å². The molecule has 0 aliphatic carbocycles. The van der Waals surface area contributed by atoms with E-state index in [2.05, 4.69) is 74.6 Å². The maximum absolute atomic E-state index is 12.9. The van der Waals surface area contributed by atoms with Gasteiger partial charge >= 0.3 is 19.8 Å². The van der Waals surface area contributed by atoms with Crippen molar-refractivity contribution >= 4 is 19.8 Å². The first-order valence-electron chi connectivity index (χ1n) is 34.5. The number of carbonyl (C=O) groups is 2. The Balaban J connectivity index is 3.92. The van der Waals surface area contributed by atoms with E-state index in [0.717, 1.165) is 64.2 Å². The molecule has 0 fully saturated rings. The van der Waals surface area contributed by atoms with E-state index in [1.807, 2.05) is 21.1 Å². The summed E-state index contributed by atoms with van der Waals surface area (Å²) in [5.74, 6) is -0.777. The van der Waals surface area contributed by atoms with Crippen molar-refractivity contribution < 1.29 is 42.1 Å². The molecule has 0 bridgehead atoms. The van der Waals surface area contributed by atoms with Crippen LogP contribution in [-0.2, 0) is 32.7 Å². The molecule has 0 aliphatic heterocycles. The van der Waals surface area contributed by atoms with E-state index >= 15 is 0 Å². The fraction of sp³-hybridized carbons (Fsp3) is 0.831. The lowest BCUT2D eigenvalue weighted by Gasteiger charge is -2.24. The van der Waals surface area contributed by atoms with Gasteiger partial charge in [-0.2, -0.15) is 0 Å². The van der Waals surface area contributed by atoms with E-state index in [-0.39, 0.29) is 25.6 Å². The minimum Gasteiger partial charge on any atom is -0.462 e. The molecule has 0 saturated heterocycles. The van der Waals surface area contributed by atoms with Crippen LogP contribution in [0.15, 0.2) is 60.8 Å². The van der Waals surface area contributed by atoms with Crippen LogP contribution in [0.1, 0.15) is 328 Å². The number of quaternary nitrogens is 1. The van der Waals surface area contributed by atoms with Gasteiger partial charge in [-0.3, -0.25) is 18.6 Å². The predicted octanol–water partition coefficient (Wildman–Crippen LogP) is 22.2. The Hall–Kier alpha value is -2.29. The van der Waals surface area contributed by atoms with Crippen molar-refractivity contribution in [1.29, 1.82) is 0 Å². The maximum Gasteiger partial charge on any atom is 0.472 e. The Kier molecular flexibility index (Phi) is 60.5. The number of hydrogen-bond acceptors (Lipinski definition) is 7. The van der Waals surface area contributed by atoms with E-state index in [0.29, 0.717) is 23.9 Å². The lowest BCUT2D eigenvalue weighted by Crippen LogP contribution is -2.37. The second-order valence-corrected chi connectivity index (χ2v) is 26.0. The molecule has 9 nitrogen and oxygen atoms in total. The van der Waals surface area contributed by atoms with E-state index in [9.17, 15) is 19.0 Å². The van der Waals surface area contributed by atoms with Gasteiger partial charge in [-0.25, -0.2) is 4.57 Å². The number of ether oxygens (including phenoxy) is 2. The van der Waals surface area contributed by atoms with Crippen LogP contribution in [0, 0.1) is 0 Å². The summed E-state index contributed by atoms with van der Waals surface area (Å²) in [4.78, 5) is 35.8. The molecular formula is C71H133NO8P+. The highest BCUT2D eigenvalue weighted by molar-refractivity contribution is 7.47. The lowest BCUT2D eigenvalue weighted by atomic mass is 10.0. The standard InChI is InChI=1S/C71H132NO8P/c1-6-8-10-12-14-16-18-20-22-24-26-27-28-29-30-31-32-33-34-35-36-37-38-39-40-41-42-43-44-45-46-48-50-52-54-56-58-60-62-64-71(74)80-69(68-79-81(75,76)78-66-65-72(3,4)5)67-77-70(73)63-61-59-57-55-53-51-49-47-25-23-21-19-17-15-13-11-9-7-2/h8,10,14,16,20,22,26-27,29-30,69H,6-7,9,11-13,15,17-19,21,23-25,28,31-68H2,1-5H3/p+1/b10-8-,16-14-,22-20-,27-26-,30-29-. The van der Waals surface area contributed by atoms with Gasteiger partial charge in [0.1, 0.15) is 19.8 Å². The van der Waals surface area contributed by atoms with Crippen molar-refractivity contribution in [2.24, 2.45) is 0 Å². The number of carbonyl (C=O) groups excluding carboxylic acids is 2. The summed E-state index contributed by atoms with van der Waals surface area (Å²) < 4.78 is 34.7.